The minimum absolute atomic E-state index is 0.0657. The predicted octanol–water partition coefficient (Wildman–Crippen LogP) is 2.54. The molecule has 1 saturated heterocycles. The van der Waals surface area contributed by atoms with Gasteiger partial charge in [0.15, 0.2) is 0 Å². The van der Waals surface area contributed by atoms with Gasteiger partial charge >= 0.3 is 0 Å². The molecule has 1 aliphatic rings. The molecule has 0 bridgehead atoms. The first kappa shape index (κ1) is 13.2. The summed E-state index contributed by atoms with van der Waals surface area (Å²) in [7, 11) is 0. The summed E-state index contributed by atoms with van der Waals surface area (Å²) >= 11 is 0. The zero-order valence-electron chi connectivity index (χ0n) is 11.3. The van der Waals surface area contributed by atoms with Crippen LogP contribution in [0.15, 0.2) is 48.1 Å². The molecule has 7 heteroatoms. The largest absolute Gasteiger partial charge is 0.312 e. The Labute approximate surface area is 121 Å². The van der Waals surface area contributed by atoms with Crippen molar-refractivity contribution in [3.8, 4) is 5.69 Å². The van der Waals surface area contributed by atoms with E-state index in [1.54, 1.807) is 17.4 Å². The van der Waals surface area contributed by atoms with Crippen molar-refractivity contribution in [3.63, 3.8) is 0 Å². The molecule has 0 radical (unpaired) electrons. The molecule has 21 heavy (non-hydrogen) atoms. The van der Waals surface area contributed by atoms with Crippen molar-refractivity contribution < 1.29 is 4.79 Å². The van der Waals surface area contributed by atoms with Gasteiger partial charge < -0.3 is 9.47 Å². The normalized spacial score (nSPS) is 17.8. The molecule has 2 heterocycles. The zero-order valence-corrected chi connectivity index (χ0v) is 11.3. The molecule has 3 rings (SSSR count). The van der Waals surface area contributed by atoms with Gasteiger partial charge in [-0.25, -0.2) is 4.98 Å². The van der Waals surface area contributed by atoms with E-state index < -0.39 is 0 Å². The van der Waals surface area contributed by atoms with Crippen LogP contribution in [0.5, 0.6) is 0 Å². The van der Waals surface area contributed by atoms with Crippen LogP contribution in [0.2, 0.25) is 0 Å². The third-order valence-corrected chi connectivity index (χ3v) is 3.55. The number of carbonyl (C=O) groups is 1. The molecule has 1 unspecified atom stereocenters. The summed E-state index contributed by atoms with van der Waals surface area (Å²) in [4.78, 5) is 20.6. The van der Waals surface area contributed by atoms with Gasteiger partial charge in [0, 0.05) is 48.2 Å². The topological polar surface area (TPSA) is 86.9 Å². The van der Waals surface area contributed by atoms with Crippen molar-refractivity contribution in [2.45, 2.75) is 6.42 Å². The third kappa shape index (κ3) is 2.73. The van der Waals surface area contributed by atoms with E-state index in [0.29, 0.717) is 19.5 Å². The van der Waals surface area contributed by atoms with Gasteiger partial charge in [0.1, 0.15) is 0 Å². The lowest BCUT2D eigenvalue weighted by Crippen LogP contribution is -2.24. The number of benzene rings is 1. The van der Waals surface area contributed by atoms with Crippen LogP contribution in [0.4, 0.5) is 5.69 Å². The maximum atomic E-state index is 12.1. The molecule has 7 nitrogen and oxygen atoms in total. The van der Waals surface area contributed by atoms with E-state index in [0.717, 1.165) is 11.4 Å². The minimum atomic E-state index is 0.0657. The number of hydrogen-bond donors (Lipinski definition) is 0. The van der Waals surface area contributed by atoms with Gasteiger partial charge in [-0.2, -0.15) is 0 Å². The van der Waals surface area contributed by atoms with Crippen LogP contribution in [0.1, 0.15) is 6.42 Å². The highest BCUT2D eigenvalue weighted by molar-refractivity contribution is 5.96. The molecule has 1 aliphatic heterocycles. The smallest absolute Gasteiger partial charge is 0.227 e. The van der Waals surface area contributed by atoms with E-state index in [-0.39, 0.29) is 11.8 Å². The summed E-state index contributed by atoms with van der Waals surface area (Å²) in [6.45, 7) is 0.950. The molecule has 1 atom stereocenters. The molecule has 0 spiro atoms. The number of nitrogens with zero attached hydrogens (tertiary/aromatic N) is 6. The fraction of sp³-hybridized carbons (Fsp3) is 0.286. The van der Waals surface area contributed by atoms with Crippen LogP contribution >= 0.6 is 0 Å². The van der Waals surface area contributed by atoms with Gasteiger partial charge in [0.25, 0.3) is 0 Å². The maximum Gasteiger partial charge on any atom is 0.227 e. The second-order valence-corrected chi connectivity index (χ2v) is 4.98. The number of anilines is 1. The van der Waals surface area contributed by atoms with Crippen molar-refractivity contribution >= 4 is 11.6 Å². The Kier molecular flexibility index (Phi) is 3.57. The molecule has 1 aromatic heterocycles. The van der Waals surface area contributed by atoms with E-state index in [4.69, 9.17) is 5.53 Å². The van der Waals surface area contributed by atoms with Gasteiger partial charge in [-0.3, -0.25) is 4.79 Å². The molecule has 0 aliphatic carbocycles. The summed E-state index contributed by atoms with van der Waals surface area (Å²) in [6.07, 6.45) is 5.71. The Morgan fingerprint density at radius 2 is 2.29 bits per heavy atom. The summed E-state index contributed by atoms with van der Waals surface area (Å²) in [6, 6.07) is 7.74. The van der Waals surface area contributed by atoms with Gasteiger partial charge in [0.05, 0.1) is 6.33 Å². The Hall–Kier alpha value is -2.79. The van der Waals surface area contributed by atoms with Crippen molar-refractivity contribution in [2.24, 2.45) is 11.0 Å². The predicted molar refractivity (Wildman–Crippen MR) is 78.0 cm³/mol. The van der Waals surface area contributed by atoms with Gasteiger partial charge in [-0.1, -0.05) is 11.2 Å². The first-order chi connectivity index (χ1) is 10.3. The van der Waals surface area contributed by atoms with Crippen LogP contribution in [0, 0.1) is 5.92 Å². The Morgan fingerprint density at radius 3 is 3.05 bits per heavy atom. The van der Waals surface area contributed by atoms with Crippen LogP contribution in [0.25, 0.3) is 16.1 Å². The van der Waals surface area contributed by atoms with E-state index in [2.05, 4.69) is 15.0 Å². The number of azide groups is 1. The number of imidazole rings is 1. The average Bonchev–Trinajstić information content (AvgIpc) is 3.15. The quantitative estimate of drug-likeness (QED) is 0.490. The molecule has 0 N–H and O–H groups in total. The molecule has 106 valence electrons. The number of amides is 1. The third-order valence-electron chi connectivity index (χ3n) is 3.55. The van der Waals surface area contributed by atoms with Gasteiger partial charge in [-0.05, 0) is 29.6 Å². The number of carbonyl (C=O) groups excluding carboxylic acids is 1. The summed E-state index contributed by atoms with van der Waals surface area (Å²) < 4.78 is 1.89. The van der Waals surface area contributed by atoms with E-state index in [9.17, 15) is 4.79 Å². The summed E-state index contributed by atoms with van der Waals surface area (Å²) in [5.74, 6) is 0.154. The molecule has 1 fully saturated rings. The zero-order chi connectivity index (χ0) is 14.7. The molecule has 0 saturated carbocycles. The second kappa shape index (κ2) is 5.68. The highest BCUT2D eigenvalue weighted by Crippen LogP contribution is 2.26. The monoisotopic (exact) mass is 282 g/mol. The maximum absolute atomic E-state index is 12.1. The lowest BCUT2D eigenvalue weighted by atomic mass is 10.1. The Balaban J connectivity index is 1.82. The molecule has 1 amide bonds. The number of hydrogen-bond acceptors (Lipinski definition) is 3. The molecular formula is C14H14N6O. The van der Waals surface area contributed by atoms with Crippen molar-refractivity contribution in [1.82, 2.24) is 9.55 Å². The Morgan fingerprint density at radius 1 is 1.43 bits per heavy atom. The number of rotatable bonds is 4. The van der Waals surface area contributed by atoms with E-state index >= 15 is 0 Å². The molecular weight excluding hydrogens is 268 g/mol. The fourth-order valence-electron chi connectivity index (χ4n) is 2.54. The SMILES string of the molecule is [N-]=[N+]=NCC1CC(=O)N(c2cccc(-n3ccnc3)c2)C1. The van der Waals surface area contributed by atoms with E-state index in [1.165, 1.54) is 0 Å². The van der Waals surface area contributed by atoms with Gasteiger partial charge in [0.2, 0.25) is 5.91 Å². The highest BCUT2D eigenvalue weighted by atomic mass is 16.2. The Bertz CT molecular complexity index is 689. The van der Waals surface area contributed by atoms with Crippen molar-refractivity contribution in [3.05, 3.63) is 53.4 Å². The lowest BCUT2D eigenvalue weighted by molar-refractivity contribution is -0.117. The van der Waals surface area contributed by atoms with Gasteiger partial charge in [-0.15, -0.1) is 0 Å². The average molecular weight is 282 g/mol. The lowest BCUT2D eigenvalue weighted by Gasteiger charge is -2.17. The van der Waals surface area contributed by atoms with Crippen LogP contribution in [-0.2, 0) is 4.79 Å². The number of aromatic nitrogens is 2. The van der Waals surface area contributed by atoms with Crippen molar-refractivity contribution in [2.75, 3.05) is 18.0 Å². The van der Waals surface area contributed by atoms with Crippen LogP contribution in [0.3, 0.4) is 0 Å². The second-order valence-electron chi connectivity index (χ2n) is 4.98. The first-order valence-electron chi connectivity index (χ1n) is 6.67. The van der Waals surface area contributed by atoms with E-state index in [1.807, 2.05) is 35.0 Å². The van der Waals surface area contributed by atoms with Crippen LogP contribution in [-0.4, -0.2) is 28.5 Å². The summed E-state index contributed by atoms with van der Waals surface area (Å²) in [5, 5.41) is 3.56. The fourth-order valence-corrected chi connectivity index (χ4v) is 2.54. The van der Waals surface area contributed by atoms with Crippen molar-refractivity contribution in [1.29, 1.82) is 0 Å². The highest BCUT2D eigenvalue weighted by Gasteiger charge is 2.30. The molecule has 2 aromatic rings. The standard InChI is InChI=1S/C14H14N6O/c15-18-17-8-11-6-14(21)20(9-11)13-3-1-2-12(7-13)19-5-4-16-10-19/h1-5,7,10-11H,6,8-9H2. The first-order valence-corrected chi connectivity index (χ1v) is 6.67. The molecule has 1 aromatic carbocycles. The summed E-state index contributed by atoms with van der Waals surface area (Å²) in [5.41, 5.74) is 10.2. The minimum Gasteiger partial charge on any atom is -0.312 e. The van der Waals surface area contributed by atoms with Crippen LogP contribution < -0.4 is 4.90 Å².